The van der Waals surface area contributed by atoms with Gasteiger partial charge in [0.15, 0.2) is 0 Å². The van der Waals surface area contributed by atoms with Crippen LogP contribution in [0.3, 0.4) is 0 Å². The van der Waals surface area contributed by atoms with Crippen molar-refractivity contribution in [3.05, 3.63) is 59.9 Å². The lowest BCUT2D eigenvalue weighted by Gasteiger charge is -2.14. The maximum atomic E-state index is 11.5. The first-order valence-electron chi connectivity index (χ1n) is 6.55. The predicted molar refractivity (Wildman–Crippen MR) is 75.9 cm³/mol. The summed E-state index contributed by atoms with van der Waals surface area (Å²) in [5, 5.41) is 9.45. The SMILES string of the molecule is CCOc1cccc(C(Cc2cccnc2)C(=O)O)c1. The number of carbonyl (C=O) groups is 1. The van der Waals surface area contributed by atoms with E-state index in [0.717, 1.165) is 11.1 Å². The molecule has 1 unspecified atom stereocenters. The number of pyridine rings is 1. The highest BCUT2D eigenvalue weighted by Gasteiger charge is 2.20. The standard InChI is InChI=1S/C16H17NO3/c1-2-20-14-7-3-6-13(10-14)15(16(18)19)9-12-5-4-8-17-11-12/h3-8,10-11,15H,2,9H2,1H3,(H,18,19). The second-order valence-electron chi connectivity index (χ2n) is 4.46. The molecule has 0 fully saturated rings. The minimum absolute atomic E-state index is 0.415. The quantitative estimate of drug-likeness (QED) is 0.877. The molecule has 1 aromatic carbocycles. The molecule has 20 heavy (non-hydrogen) atoms. The van der Waals surface area contributed by atoms with Gasteiger partial charge in [-0.05, 0) is 42.7 Å². The maximum absolute atomic E-state index is 11.5. The van der Waals surface area contributed by atoms with E-state index in [-0.39, 0.29) is 0 Å². The molecule has 1 aromatic heterocycles. The van der Waals surface area contributed by atoms with Gasteiger partial charge in [-0.2, -0.15) is 0 Å². The monoisotopic (exact) mass is 271 g/mol. The van der Waals surface area contributed by atoms with Gasteiger partial charge in [0.05, 0.1) is 12.5 Å². The van der Waals surface area contributed by atoms with Crippen molar-refractivity contribution in [3.8, 4) is 5.75 Å². The Bertz CT molecular complexity index is 569. The van der Waals surface area contributed by atoms with Crippen molar-refractivity contribution in [3.63, 3.8) is 0 Å². The van der Waals surface area contributed by atoms with E-state index in [1.807, 2.05) is 37.3 Å². The lowest BCUT2D eigenvalue weighted by Crippen LogP contribution is -2.14. The van der Waals surface area contributed by atoms with Crippen LogP contribution in [0.1, 0.15) is 24.0 Å². The van der Waals surface area contributed by atoms with Crippen molar-refractivity contribution in [2.45, 2.75) is 19.3 Å². The number of hydrogen-bond donors (Lipinski definition) is 1. The summed E-state index contributed by atoms with van der Waals surface area (Å²) in [6, 6.07) is 11.0. The lowest BCUT2D eigenvalue weighted by molar-refractivity contribution is -0.138. The first-order valence-corrected chi connectivity index (χ1v) is 6.55. The molecule has 0 saturated carbocycles. The van der Waals surface area contributed by atoms with Gasteiger partial charge in [0, 0.05) is 12.4 Å². The van der Waals surface area contributed by atoms with Crippen LogP contribution in [0.25, 0.3) is 0 Å². The first-order chi connectivity index (χ1) is 9.70. The zero-order valence-electron chi connectivity index (χ0n) is 11.3. The predicted octanol–water partition coefficient (Wildman–Crippen LogP) is 2.89. The third kappa shape index (κ3) is 3.57. The van der Waals surface area contributed by atoms with Gasteiger partial charge in [-0.1, -0.05) is 18.2 Å². The van der Waals surface area contributed by atoms with E-state index < -0.39 is 11.9 Å². The van der Waals surface area contributed by atoms with Gasteiger partial charge in [0.1, 0.15) is 5.75 Å². The smallest absolute Gasteiger partial charge is 0.311 e. The molecule has 0 aliphatic carbocycles. The number of nitrogens with zero attached hydrogens (tertiary/aromatic N) is 1. The molecule has 1 atom stereocenters. The molecule has 0 aliphatic rings. The Hall–Kier alpha value is -2.36. The number of ether oxygens (including phenoxy) is 1. The Morgan fingerprint density at radius 3 is 2.85 bits per heavy atom. The molecule has 0 aliphatic heterocycles. The molecule has 1 N–H and O–H groups in total. The Morgan fingerprint density at radius 2 is 2.20 bits per heavy atom. The molecule has 2 aromatic rings. The molecule has 4 heteroatoms. The average molecular weight is 271 g/mol. The van der Waals surface area contributed by atoms with Crippen LogP contribution in [0, 0.1) is 0 Å². The Kier molecular flexibility index (Phi) is 4.71. The Morgan fingerprint density at radius 1 is 1.35 bits per heavy atom. The lowest BCUT2D eigenvalue weighted by atomic mass is 9.92. The molecular formula is C16H17NO3. The van der Waals surface area contributed by atoms with Crippen LogP contribution in [-0.2, 0) is 11.2 Å². The van der Waals surface area contributed by atoms with Crippen LogP contribution in [0.2, 0.25) is 0 Å². The summed E-state index contributed by atoms with van der Waals surface area (Å²) < 4.78 is 5.42. The third-order valence-electron chi connectivity index (χ3n) is 3.03. The summed E-state index contributed by atoms with van der Waals surface area (Å²) in [7, 11) is 0. The summed E-state index contributed by atoms with van der Waals surface area (Å²) >= 11 is 0. The zero-order valence-corrected chi connectivity index (χ0v) is 11.3. The normalized spacial score (nSPS) is 11.8. The van der Waals surface area contributed by atoms with Gasteiger partial charge in [0.2, 0.25) is 0 Å². The third-order valence-corrected chi connectivity index (χ3v) is 3.03. The van der Waals surface area contributed by atoms with Gasteiger partial charge in [0.25, 0.3) is 0 Å². The van der Waals surface area contributed by atoms with Gasteiger partial charge in [-0.3, -0.25) is 9.78 Å². The van der Waals surface area contributed by atoms with E-state index in [9.17, 15) is 9.90 Å². The fourth-order valence-electron chi connectivity index (χ4n) is 2.09. The number of benzene rings is 1. The number of carboxylic acid groups (broad SMARTS) is 1. The van der Waals surface area contributed by atoms with Crippen LogP contribution in [0.5, 0.6) is 5.75 Å². The molecule has 0 radical (unpaired) electrons. The first kappa shape index (κ1) is 14.1. The molecule has 4 nitrogen and oxygen atoms in total. The number of aromatic nitrogens is 1. The summed E-state index contributed by atoms with van der Waals surface area (Å²) in [5.74, 6) is -0.746. The van der Waals surface area contributed by atoms with Crippen LogP contribution in [0.15, 0.2) is 48.8 Å². The summed E-state index contributed by atoms with van der Waals surface area (Å²) in [6.45, 7) is 2.46. The van der Waals surface area contributed by atoms with Crippen LogP contribution >= 0.6 is 0 Å². The van der Waals surface area contributed by atoms with Crippen LogP contribution < -0.4 is 4.74 Å². The molecule has 0 spiro atoms. The highest BCUT2D eigenvalue weighted by Crippen LogP contribution is 2.24. The fourth-order valence-corrected chi connectivity index (χ4v) is 2.09. The topological polar surface area (TPSA) is 59.4 Å². The fraction of sp³-hybridized carbons (Fsp3) is 0.250. The Balaban J connectivity index is 2.24. The number of hydrogen-bond acceptors (Lipinski definition) is 3. The van der Waals surface area contributed by atoms with Crippen molar-refractivity contribution in [1.29, 1.82) is 0 Å². The van der Waals surface area contributed by atoms with Gasteiger partial charge in [-0.15, -0.1) is 0 Å². The molecule has 1 heterocycles. The number of carboxylic acids is 1. The second-order valence-corrected chi connectivity index (χ2v) is 4.46. The number of aliphatic carboxylic acids is 1. The molecular weight excluding hydrogens is 254 g/mol. The van der Waals surface area contributed by atoms with E-state index in [2.05, 4.69) is 4.98 Å². The van der Waals surface area contributed by atoms with E-state index in [1.54, 1.807) is 18.5 Å². The van der Waals surface area contributed by atoms with Crippen molar-refractivity contribution in [1.82, 2.24) is 4.98 Å². The second kappa shape index (κ2) is 6.70. The van der Waals surface area contributed by atoms with Crippen LogP contribution in [0.4, 0.5) is 0 Å². The van der Waals surface area contributed by atoms with Gasteiger partial charge < -0.3 is 9.84 Å². The average Bonchev–Trinajstić information content (AvgIpc) is 2.46. The van der Waals surface area contributed by atoms with E-state index >= 15 is 0 Å². The summed E-state index contributed by atoms with van der Waals surface area (Å²) in [5.41, 5.74) is 1.65. The molecule has 2 rings (SSSR count). The Labute approximate surface area is 118 Å². The molecule has 0 saturated heterocycles. The van der Waals surface area contributed by atoms with Crippen molar-refractivity contribution >= 4 is 5.97 Å². The van der Waals surface area contributed by atoms with E-state index in [0.29, 0.717) is 18.8 Å². The molecule has 0 bridgehead atoms. The van der Waals surface area contributed by atoms with E-state index in [4.69, 9.17) is 4.74 Å². The van der Waals surface area contributed by atoms with Crippen LogP contribution in [-0.4, -0.2) is 22.7 Å². The van der Waals surface area contributed by atoms with Crippen molar-refractivity contribution in [2.24, 2.45) is 0 Å². The van der Waals surface area contributed by atoms with Crippen molar-refractivity contribution in [2.75, 3.05) is 6.61 Å². The zero-order chi connectivity index (χ0) is 14.4. The minimum Gasteiger partial charge on any atom is -0.494 e. The highest BCUT2D eigenvalue weighted by atomic mass is 16.5. The minimum atomic E-state index is -0.845. The number of rotatable bonds is 6. The molecule has 0 amide bonds. The summed E-state index contributed by atoms with van der Waals surface area (Å²) in [4.78, 5) is 15.5. The largest absolute Gasteiger partial charge is 0.494 e. The van der Waals surface area contributed by atoms with Gasteiger partial charge >= 0.3 is 5.97 Å². The van der Waals surface area contributed by atoms with Gasteiger partial charge in [-0.25, -0.2) is 0 Å². The highest BCUT2D eigenvalue weighted by molar-refractivity contribution is 5.76. The molecule has 104 valence electrons. The van der Waals surface area contributed by atoms with Crippen molar-refractivity contribution < 1.29 is 14.6 Å². The maximum Gasteiger partial charge on any atom is 0.311 e. The summed E-state index contributed by atoms with van der Waals surface area (Å²) in [6.07, 6.45) is 3.79. The van der Waals surface area contributed by atoms with E-state index in [1.165, 1.54) is 0 Å².